The van der Waals surface area contributed by atoms with Gasteiger partial charge in [-0.25, -0.2) is 4.98 Å². The van der Waals surface area contributed by atoms with Gasteiger partial charge in [0, 0.05) is 49.0 Å². The fourth-order valence-electron chi connectivity index (χ4n) is 10.1. The van der Waals surface area contributed by atoms with Gasteiger partial charge in [-0.1, -0.05) is 146 Å². The molecule has 0 atom stereocenters. The van der Waals surface area contributed by atoms with Gasteiger partial charge in [0.2, 0.25) is 5.95 Å². The first-order valence-corrected chi connectivity index (χ1v) is 20.6. The summed E-state index contributed by atoms with van der Waals surface area (Å²) in [5, 5.41) is 9.00. The molecule has 0 amide bonds. The number of hydrogen-bond donors (Lipinski definition) is 0. The largest absolute Gasteiger partial charge is 0.455 e. The summed E-state index contributed by atoms with van der Waals surface area (Å²) in [6.45, 7) is 0. The Balaban J connectivity index is 1.15. The first kappa shape index (κ1) is 32.6. The van der Waals surface area contributed by atoms with Gasteiger partial charge in [0.25, 0.3) is 0 Å². The zero-order valence-electron chi connectivity index (χ0n) is 32.5. The Kier molecular flexibility index (Phi) is 6.46. The van der Waals surface area contributed by atoms with Crippen LogP contribution in [0.5, 0.6) is 0 Å². The van der Waals surface area contributed by atoms with Gasteiger partial charge in [0.15, 0.2) is 11.6 Å². The Bertz CT molecular complexity index is 4020. The molecule has 0 saturated carbocycles. The van der Waals surface area contributed by atoms with Gasteiger partial charge >= 0.3 is 0 Å². The molecule has 0 fully saturated rings. The number of para-hydroxylation sites is 5. The lowest BCUT2D eigenvalue weighted by Gasteiger charge is -2.13. The number of fused-ring (bicyclic) bond motifs is 16. The van der Waals surface area contributed by atoms with Crippen molar-refractivity contribution < 1.29 is 4.42 Å². The number of hydrogen-bond acceptors (Lipinski definition) is 4. The Morgan fingerprint density at radius 1 is 0.393 bits per heavy atom. The highest BCUT2D eigenvalue weighted by Gasteiger charge is 2.29. The average Bonchev–Trinajstić information content (AvgIpc) is 3.95. The third-order valence-electron chi connectivity index (χ3n) is 12.7. The molecule has 5 heterocycles. The van der Waals surface area contributed by atoms with Gasteiger partial charge in [-0.15, -0.1) is 0 Å². The van der Waals surface area contributed by atoms with Crippen molar-refractivity contribution in [2.45, 2.75) is 0 Å². The van der Waals surface area contributed by atoms with Crippen LogP contribution in [0.4, 0.5) is 0 Å². The van der Waals surface area contributed by atoms with E-state index in [1.807, 2.05) is 18.2 Å². The average molecular weight is 778 g/mol. The number of furan rings is 1. The Hall–Kier alpha value is -8.35. The van der Waals surface area contributed by atoms with Crippen LogP contribution in [0.25, 0.3) is 133 Å². The maximum absolute atomic E-state index is 6.60. The molecule has 0 radical (unpaired) electrons. The minimum absolute atomic E-state index is 0.535. The lowest BCUT2D eigenvalue weighted by atomic mass is 9.91. The molecule has 0 N–H and O–H groups in total. The predicted molar refractivity (Wildman–Crippen MR) is 249 cm³/mol. The summed E-state index contributed by atoms with van der Waals surface area (Å²) in [7, 11) is 0. The highest BCUT2D eigenvalue weighted by molar-refractivity contribution is 6.28. The molecule has 14 rings (SSSR count). The maximum atomic E-state index is 6.60. The van der Waals surface area contributed by atoms with Gasteiger partial charge in [0.1, 0.15) is 11.2 Å². The lowest BCUT2D eigenvalue weighted by molar-refractivity contribution is 0.669. The Morgan fingerprint density at radius 3 is 1.93 bits per heavy atom. The van der Waals surface area contributed by atoms with E-state index in [2.05, 4.69) is 179 Å². The van der Waals surface area contributed by atoms with Crippen LogP contribution in [0.3, 0.4) is 0 Å². The summed E-state index contributed by atoms with van der Waals surface area (Å²) in [6.07, 6.45) is 0. The van der Waals surface area contributed by atoms with Crippen LogP contribution >= 0.6 is 0 Å². The molecule has 13 aromatic rings. The fourth-order valence-corrected chi connectivity index (χ4v) is 10.1. The van der Waals surface area contributed by atoms with E-state index in [1.165, 1.54) is 49.7 Å². The summed E-state index contributed by atoms with van der Waals surface area (Å²) < 4.78 is 11.3. The number of rotatable bonds is 3. The second-order valence-corrected chi connectivity index (χ2v) is 15.9. The molecule has 0 spiro atoms. The molecule has 0 unspecified atom stereocenters. The normalized spacial score (nSPS) is 12.3. The molecule has 1 aliphatic heterocycles. The van der Waals surface area contributed by atoms with E-state index >= 15 is 0 Å². The van der Waals surface area contributed by atoms with Crippen LogP contribution in [0, 0.1) is 0 Å². The van der Waals surface area contributed by atoms with E-state index in [9.17, 15) is 0 Å². The van der Waals surface area contributed by atoms with E-state index < -0.39 is 0 Å². The zero-order chi connectivity index (χ0) is 39.8. The quantitative estimate of drug-likeness (QED) is 0.179. The van der Waals surface area contributed by atoms with Gasteiger partial charge in [-0.2, -0.15) is 9.97 Å². The molecular weight excluding hydrogens is 747 g/mol. The van der Waals surface area contributed by atoms with Crippen LogP contribution < -0.4 is 0 Å². The topological polar surface area (TPSA) is 61.7 Å². The van der Waals surface area contributed by atoms with Crippen LogP contribution in [-0.2, 0) is 0 Å². The van der Waals surface area contributed by atoms with Crippen molar-refractivity contribution in [3.8, 4) is 56.7 Å². The van der Waals surface area contributed by atoms with Gasteiger partial charge in [0.05, 0.1) is 33.3 Å². The van der Waals surface area contributed by atoms with E-state index in [-0.39, 0.29) is 0 Å². The summed E-state index contributed by atoms with van der Waals surface area (Å²) in [6, 6.07) is 66.7. The van der Waals surface area contributed by atoms with Crippen LogP contribution in [0.2, 0.25) is 0 Å². The Labute approximate surface area is 348 Å². The molecule has 0 saturated heterocycles. The second-order valence-electron chi connectivity index (χ2n) is 15.9. The predicted octanol–water partition coefficient (Wildman–Crippen LogP) is 14.1. The SMILES string of the molecule is c1ccc2c(c1)-c1ccccc1-n1c3ccccc3c3cc4c(c-2c31)c1ccccc1n4-c1nc(-c2ccc3ccccc3c2)nc(-c2cccc3c2oc2ccccc23)n1. The molecule has 282 valence electrons. The highest BCUT2D eigenvalue weighted by Crippen LogP contribution is 2.51. The van der Waals surface area contributed by atoms with Crippen molar-refractivity contribution in [1.29, 1.82) is 0 Å². The molecule has 6 nitrogen and oxygen atoms in total. The summed E-state index contributed by atoms with van der Waals surface area (Å²) >= 11 is 0. The van der Waals surface area contributed by atoms with Gasteiger partial charge in [-0.3, -0.25) is 4.57 Å². The molecule has 4 aromatic heterocycles. The monoisotopic (exact) mass is 777 g/mol. The van der Waals surface area contributed by atoms with Crippen molar-refractivity contribution in [3.63, 3.8) is 0 Å². The van der Waals surface area contributed by atoms with Crippen LogP contribution in [0.15, 0.2) is 192 Å². The third kappa shape index (κ3) is 4.48. The number of nitrogens with zero attached hydrogens (tertiary/aromatic N) is 5. The molecular formula is C55H31N5O. The van der Waals surface area contributed by atoms with E-state index in [0.717, 1.165) is 65.6 Å². The lowest BCUT2D eigenvalue weighted by Crippen LogP contribution is -2.06. The van der Waals surface area contributed by atoms with Crippen molar-refractivity contribution in [2.24, 2.45) is 0 Å². The standard InChI is InChI=1S/C55H31N5O/c1-2-15-33-30-34(29-28-32(33)14-1)53-56-54(42-23-13-22-40-38-19-8-12-27-48(38)61-52(40)42)58-55(57-53)60-46-26-11-7-21-41(46)49-47(60)31-43-37-18-6-10-25-45(37)59-44-24-9-5-17-36(44)35-16-3-4-20-39(35)50(49)51(43)59/h1-31H. The first-order valence-electron chi connectivity index (χ1n) is 20.6. The molecule has 6 heteroatoms. The minimum atomic E-state index is 0.535. The van der Waals surface area contributed by atoms with E-state index in [4.69, 9.17) is 19.4 Å². The summed E-state index contributed by atoms with van der Waals surface area (Å²) in [4.78, 5) is 16.1. The van der Waals surface area contributed by atoms with Crippen molar-refractivity contribution >= 4 is 76.3 Å². The van der Waals surface area contributed by atoms with Crippen molar-refractivity contribution in [3.05, 3.63) is 188 Å². The third-order valence-corrected chi connectivity index (χ3v) is 12.7. The smallest absolute Gasteiger partial charge is 0.238 e. The van der Waals surface area contributed by atoms with Crippen molar-refractivity contribution in [1.82, 2.24) is 24.1 Å². The van der Waals surface area contributed by atoms with Crippen molar-refractivity contribution in [2.75, 3.05) is 0 Å². The summed E-state index contributed by atoms with van der Waals surface area (Å²) in [5.74, 6) is 1.66. The molecule has 0 bridgehead atoms. The fraction of sp³-hybridized carbons (Fsp3) is 0. The minimum Gasteiger partial charge on any atom is -0.455 e. The molecule has 61 heavy (non-hydrogen) atoms. The Morgan fingerprint density at radius 2 is 1.05 bits per heavy atom. The first-order chi connectivity index (χ1) is 30.3. The van der Waals surface area contributed by atoms with E-state index in [1.54, 1.807) is 0 Å². The molecule has 1 aliphatic rings. The molecule has 9 aromatic carbocycles. The number of aromatic nitrogens is 5. The number of benzene rings is 9. The van der Waals surface area contributed by atoms with E-state index in [0.29, 0.717) is 17.6 Å². The zero-order valence-corrected chi connectivity index (χ0v) is 32.5. The highest BCUT2D eigenvalue weighted by atomic mass is 16.3. The van der Waals surface area contributed by atoms with Crippen LogP contribution in [-0.4, -0.2) is 24.1 Å². The second kappa shape index (κ2) is 12.1. The maximum Gasteiger partial charge on any atom is 0.238 e. The molecule has 0 aliphatic carbocycles. The van der Waals surface area contributed by atoms with Gasteiger partial charge in [-0.05, 0) is 64.4 Å². The van der Waals surface area contributed by atoms with Gasteiger partial charge < -0.3 is 8.98 Å². The summed E-state index contributed by atoms with van der Waals surface area (Å²) in [5.41, 5.74) is 13.7. The van der Waals surface area contributed by atoms with Crippen LogP contribution in [0.1, 0.15) is 0 Å².